The molecule has 1 unspecified atom stereocenters. The number of para-hydroxylation sites is 1. The number of methoxy groups -OCH3 is 1. The number of aliphatic hydroxyl groups is 1. The van der Waals surface area contributed by atoms with Gasteiger partial charge < -0.3 is 23.9 Å². The Kier molecular flexibility index (Phi) is 6.49. The molecule has 7 nitrogen and oxygen atoms in total. The van der Waals surface area contributed by atoms with Crippen molar-refractivity contribution in [1.82, 2.24) is 4.90 Å². The zero-order valence-electron chi connectivity index (χ0n) is 18.5. The monoisotopic (exact) mass is 447 g/mol. The number of hydrogen-bond donors (Lipinski definition) is 1. The molecule has 1 saturated heterocycles. The number of aliphatic hydroxyl groups excluding tert-OH is 1. The number of furan rings is 1. The van der Waals surface area contributed by atoms with Crippen LogP contribution in [0.25, 0.3) is 5.76 Å². The molecule has 1 atom stereocenters. The van der Waals surface area contributed by atoms with E-state index in [1.54, 1.807) is 60.7 Å². The standard InChI is InChI=1S/C26H25NO6/c1-3-13-32-18-9-6-8-17(15-18)24(28)22-23(20-11-4-5-12-21(20)31-2)27(26(30)25(22)29)16-19-10-7-14-33-19/h4-12,14-15,23,28H,3,13,16H2,1-2H3/b24-22-. The summed E-state index contributed by atoms with van der Waals surface area (Å²) in [6.07, 6.45) is 2.34. The van der Waals surface area contributed by atoms with Crippen LogP contribution in [-0.2, 0) is 16.1 Å². The normalized spacial score (nSPS) is 17.4. The summed E-state index contributed by atoms with van der Waals surface area (Å²) in [6.45, 7) is 2.59. The molecule has 1 fully saturated rings. The third kappa shape index (κ3) is 4.35. The summed E-state index contributed by atoms with van der Waals surface area (Å²) in [7, 11) is 1.52. The molecule has 0 spiro atoms. The lowest BCUT2D eigenvalue weighted by molar-refractivity contribution is -0.140. The minimum atomic E-state index is -0.855. The minimum absolute atomic E-state index is 0.0105. The first-order chi connectivity index (χ1) is 16.0. The van der Waals surface area contributed by atoms with Crippen LogP contribution in [0, 0.1) is 0 Å². The van der Waals surface area contributed by atoms with Crippen molar-refractivity contribution in [3.8, 4) is 11.5 Å². The fraction of sp³-hybridized carbons (Fsp3) is 0.231. The van der Waals surface area contributed by atoms with Gasteiger partial charge in [-0.25, -0.2) is 0 Å². The maximum atomic E-state index is 13.2. The molecular weight excluding hydrogens is 422 g/mol. The van der Waals surface area contributed by atoms with Gasteiger partial charge in [0.1, 0.15) is 23.0 Å². The molecule has 0 aliphatic carbocycles. The van der Waals surface area contributed by atoms with E-state index in [1.165, 1.54) is 18.3 Å². The molecule has 0 bridgehead atoms. The van der Waals surface area contributed by atoms with Crippen molar-refractivity contribution in [2.24, 2.45) is 0 Å². The number of carbonyl (C=O) groups is 2. The first-order valence-corrected chi connectivity index (χ1v) is 10.7. The van der Waals surface area contributed by atoms with E-state index in [9.17, 15) is 14.7 Å². The summed E-state index contributed by atoms with van der Waals surface area (Å²) >= 11 is 0. The number of amides is 1. The van der Waals surface area contributed by atoms with Crippen LogP contribution >= 0.6 is 0 Å². The summed E-state index contributed by atoms with van der Waals surface area (Å²) in [4.78, 5) is 27.7. The van der Waals surface area contributed by atoms with Gasteiger partial charge in [0.15, 0.2) is 0 Å². The third-order valence-electron chi connectivity index (χ3n) is 5.46. The van der Waals surface area contributed by atoms with E-state index in [0.29, 0.717) is 35.0 Å². The topological polar surface area (TPSA) is 89.2 Å². The van der Waals surface area contributed by atoms with Gasteiger partial charge in [-0.05, 0) is 36.8 Å². The Bertz CT molecular complexity index is 1180. The Morgan fingerprint density at radius 3 is 2.64 bits per heavy atom. The van der Waals surface area contributed by atoms with E-state index in [1.807, 2.05) is 6.92 Å². The van der Waals surface area contributed by atoms with Gasteiger partial charge in [0.2, 0.25) is 0 Å². The predicted octanol–water partition coefficient (Wildman–Crippen LogP) is 4.70. The smallest absolute Gasteiger partial charge is 0.296 e. The van der Waals surface area contributed by atoms with E-state index < -0.39 is 17.7 Å². The fourth-order valence-corrected chi connectivity index (χ4v) is 3.94. The Balaban J connectivity index is 1.85. The van der Waals surface area contributed by atoms with Crippen LogP contribution in [0.2, 0.25) is 0 Å². The van der Waals surface area contributed by atoms with Gasteiger partial charge in [-0.15, -0.1) is 0 Å². The number of nitrogens with zero attached hydrogens (tertiary/aromatic N) is 1. The number of benzene rings is 2. The first kappa shape index (κ1) is 22.2. The molecule has 0 saturated carbocycles. The molecule has 1 N–H and O–H groups in total. The van der Waals surface area contributed by atoms with Crippen molar-refractivity contribution in [2.45, 2.75) is 25.9 Å². The van der Waals surface area contributed by atoms with Crippen molar-refractivity contribution in [3.63, 3.8) is 0 Å². The number of Topliss-reactive ketones (excluding diaryl/α,β-unsaturated/α-hetero) is 1. The van der Waals surface area contributed by atoms with Crippen LogP contribution in [0.1, 0.15) is 36.3 Å². The molecule has 1 aliphatic rings. The lowest BCUT2D eigenvalue weighted by Gasteiger charge is -2.25. The van der Waals surface area contributed by atoms with E-state index in [4.69, 9.17) is 13.9 Å². The maximum absolute atomic E-state index is 13.2. The van der Waals surface area contributed by atoms with Crippen molar-refractivity contribution in [1.29, 1.82) is 0 Å². The van der Waals surface area contributed by atoms with Crippen LogP contribution in [0.3, 0.4) is 0 Å². The van der Waals surface area contributed by atoms with Gasteiger partial charge in [-0.2, -0.15) is 0 Å². The lowest BCUT2D eigenvalue weighted by Crippen LogP contribution is -2.29. The highest BCUT2D eigenvalue weighted by atomic mass is 16.5. The second-order valence-corrected chi connectivity index (χ2v) is 7.62. The van der Waals surface area contributed by atoms with Crippen LogP contribution < -0.4 is 9.47 Å². The summed E-state index contributed by atoms with van der Waals surface area (Å²) in [5, 5.41) is 11.3. The van der Waals surface area contributed by atoms with Crippen LogP contribution in [0.15, 0.2) is 76.9 Å². The quantitative estimate of drug-likeness (QED) is 0.306. The summed E-state index contributed by atoms with van der Waals surface area (Å²) in [5.41, 5.74) is 0.967. The number of likely N-dealkylation sites (tertiary alicyclic amines) is 1. The van der Waals surface area contributed by atoms with Gasteiger partial charge in [0.05, 0.1) is 38.1 Å². The average molecular weight is 447 g/mol. The molecule has 3 aromatic rings. The van der Waals surface area contributed by atoms with E-state index in [2.05, 4.69) is 0 Å². The number of carbonyl (C=O) groups excluding carboxylic acids is 2. The molecule has 4 rings (SSSR count). The van der Waals surface area contributed by atoms with Gasteiger partial charge in [-0.3, -0.25) is 9.59 Å². The highest BCUT2D eigenvalue weighted by molar-refractivity contribution is 6.46. The molecule has 1 amide bonds. The van der Waals surface area contributed by atoms with E-state index in [-0.39, 0.29) is 17.9 Å². The molecule has 1 aromatic heterocycles. The largest absolute Gasteiger partial charge is 0.507 e. The zero-order valence-corrected chi connectivity index (χ0v) is 18.5. The Hall–Kier alpha value is -4.00. The van der Waals surface area contributed by atoms with E-state index in [0.717, 1.165) is 6.42 Å². The molecule has 2 aromatic carbocycles. The second-order valence-electron chi connectivity index (χ2n) is 7.62. The Labute approximate surface area is 191 Å². The van der Waals surface area contributed by atoms with E-state index >= 15 is 0 Å². The van der Waals surface area contributed by atoms with Gasteiger partial charge in [0.25, 0.3) is 11.7 Å². The molecule has 170 valence electrons. The number of ether oxygens (including phenoxy) is 2. The predicted molar refractivity (Wildman–Crippen MR) is 122 cm³/mol. The Morgan fingerprint density at radius 2 is 1.91 bits per heavy atom. The number of rotatable bonds is 8. The number of hydrogen-bond acceptors (Lipinski definition) is 6. The lowest BCUT2D eigenvalue weighted by atomic mass is 9.94. The summed E-state index contributed by atoms with van der Waals surface area (Å²) in [5.74, 6) is -0.170. The highest BCUT2D eigenvalue weighted by Crippen LogP contribution is 2.43. The molecule has 33 heavy (non-hydrogen) atoms. The van der Waals surface area contributed by atoms with Crippen LogP contribution in [0.4, 0.5) is 0 Å². The fourth-order valence-electron chi connectivity index (χ4n) is 3.94. The second kappa shape index (κ2) is 9.65. The summed E-state index contributed by atoms with van der Waals surface area (Å²) < 4.78 is 16.6. The highest BCUT2D eigenvalue weighted by Gasteiger charge is 2.47. The Morgan fingerprint density at radius 1 is 1.09 bits per heavy atom. The molecule has 1 aliphatic heterocycles. The number of ketones is 1. The maximum Gasteiger partial charge on any atom is 0.296 e. The van der Waals surface area contributed by atoms with Crippen molar-refractivity contribution < 1.29 is 28.6 Å². The summed E-state index contributed by atoms with van der Waals surface area (Å²) in [6, 6.07) is 16.6. The van der Waals surface area contributed by atoms with Crippen molar-refractivity contribution in [2.75, 3.05) is 13.7 Å². The molecule has 7 heteroatoms. The molecule has 2 heterocycles. The average Bonchev–Trinajstić information content (AvgIpc) is 3.45. The van der Waals surface area contributed by atoms with Gasteiger partial charge in [-0.1, -0.05) is 37.3 Å². The van der Waals surface area contributed by atoms with Crippen LogP contribution in [0.5, 0.6) is 11.5 Å². The minimum Gasteiger partial charge on any atom is -0.507 e. The van der Waals surface area contributed by atoms with Crippen molar-refractivity contribution in [3.05, 3.63) is 89.4 Å². The molecule has 0 radical (unpaired) electrons. The van der Waals surface area contributed by atoms with Gasteiger partial charge >= 0.3 is 0 Å². The third-order valence-corrected chi connectivity index (χ3v) is 5.46. The molecular formula is C26H25NO6. The van der Waals surface area contributed by atoms with Gasteiger partial charge in [0, 0.05) is 11.1 Å². The van der Waals surface area contributed by atoms with Crippen LogP contribution in [-0.4, -0.2) is 35.4 Å². The first-order valence-electron chi connectivity index (χ1n) is 10.7. The SMILES string of the molecule is CCCOc1cccc(/C(O)=C2/C(=O)C(=O)N(Cc3ccco3)C2c2ccccc2OC)c1. The van der Waals surface area contributed by atoms with Crippen molar-refractivity contribution >= 4 is 17.4 Å². The zero-order chi connectivity index (χ0) is 23.4.